The largest absolute Gasteiger partial charge is 0.484 e. The first-order valence-corrected chi connectivity index (χ1v) is 9.26. The maximum Gasteiger partial charge on any atom is 0.277 e. The van der Waals surface area contributed by atoms with Gasteiger partial charge in [-0.15, -0.1) is 0 Å². The molecule has 0 aliphatic heterocycles. The number of hydrazone groups is 1. The van der Waals surface area contributed by atoms with E-state index in [0.717, 1.165) is 5.56 Å². The number of nitrogens with one attached hydrogen (secondary N) is 1. The number of aryl methyl sites for hydroxylation is 2. The van der Waals surface area contributed by atoms with Gasteiger partial charge in [0, 0.05) is 5.56 Å². The number of furan rings is 1. The predicted octanol–water partition coefficient (Wildman–Crippen LogP) is 5.40. The molecule has 28 heavy (non-hydrogen) atoms. The van der Waals surface area contributed by atoms with Gasteiger partial charge in [0.15, 0.2) is 6.61 Å². The number of benzene rings is 2. The molecule has 7 heteroatoms. The number of carbonyl (C=O) groups is 1. The Morgan fingerprint density at radius 2 is 1.96 bits per heavy atom. The molecular weight excluding hydrogens is 399 g/mol. The van der Waals surface area contributed by atoms with E-state index in [2.05, 4.69) is 10.5 Å². The highest BCUT2D eigenvalue weighted by Gasteiger charge is 2.10. The Hall–Kier alpha value is -2.76. The fourth-order valence-electron chi connectivity index (χ4n) is 2.41. The summed E-state index contributed by atoms with van der Waals surface area (Å²) < 4.78 is 11.1. The lowest BCUT2D eigenvalue weighted by molar-refractivity contribution is -0.123. The third-order valence-electron chi connectivity index (χ3n) is 4.07. The van der Waals surface area contributed by atoms with Crippen LogP contribution in [0.2, 0.25) is 10.0 Å². The van der Waals surface area contributed by atoms with Crippen molar-refractivity contribution in [3.05, 3.63) is 75.5 Å². The maximum atomic E-state index is 11.9. The fourth-order valence-corrected chi connectivity index (χ4v) is 2.81. The zero-order valence-electron chi connectivity index (χ0n) is 15.3. The van der Waals surface area contributed by atoms with Crippen LogP contribution in [0, 0.1) is 13.8 Å². The van der Waals surface area contributed by atoms with Gasteiger partial charge in [-0.3, -0.25) is 4.79 Å². The second-order valence-corrected chi connectivity index (χ2v) is 6.92. The standard InChI is InChI=1S/C21H18Cl2N2O3/c1-13-6-7-15(10-14(13)2)27-12-20(26)25-24-11-16-8-9-19(28-16)17-4-3-5-18(22)21(17)23/h3-11H,12H2,1-2H3,(H,25,26)/b24-11+. The van der Waals surface area contributed by atoms with E-state index < -0.39 is 0 Å². The Labute approximate surface area is 172 Å². The van der Waals surface area contributed by atoms with Gasteiger partial charge in [-0.1, -0.05) is 35.3 Å². The molecule has 0 unspecified atom stereocenters. The minimum Gasteiger partial charge on any atom is -0.484 e. The predicted molar refractivity (Wildman–Crippen MR) is 111 cm³/mol. The topological polar surface area (TPSA) is 63.8 Å². The van der Waals surface area contributed by atoms with Crippen molar-refractivity contribution in [2.45, 2.75) is 13.8 Å². The van der Waals surface area contributed by atoms with Gasteiger partial charge in [0.1, 0.15) is 17.3 Å². The molecule has 1 heterocycles. The molecule has 0 saturated carbocycles. The molecule has 0 saturated heterocycles. The summed E-state index contributed by atoms with van der Waals surface area (Å²) in [6.07, 6.45) is 1.40. The number of ether oxygens (including phenoxy) is 1. The molecule has 0 aliphatic rings. The van der Waals surface area contributed by atoms with E-state index in [1.807, 2.05) is 32.0 Å². The molecular formula is C21H18Cl2N2O3. The number of hydrogen-bond donors (Lipinski definition) is 1. The van der Waals surface area contributed by atoms with E-state index in [4.69, 9.17) is 32.4 Å². The molecule has 5 nitrogen and oxygen atoms in total. The molecule has 0 aliphatic carbocycles. The molecule has 1 amide bonds. The van der Waals surface area contributed by atoms with E-state index in [9.17, 15) is 4.79 Å². The highest BCUT2D eigenvalue weighted by atomic mass is 35.5. The van der Waals surface area contributed by atoms with Crippen LogP contribution in [0.1, 0.15) is 16.9 Å². The van der Waals surface area contributed by atoms with Crippen LogP contribution < -0.4 is 10.2 Å². The van der Waals surface area contributed by atoms with Crippen molar-refractivity contribution in [1.82, 2.24) is 5.43 Å². The van der Waals surface area contributed by atoms with E-state index in [1.165, 1.54) is 11.8 Å². The van der Waals surface area contributed by atoms with Gasteiger partial charge in [0.25, 0.3) is 5.91 Å². The summed E-state index contributed by atoms with van der Waals surface area (Å²) in [4.78, 5) is 11.9. The summed E-state index contributed by atoms with van der Waals surface area (Å²) in [5.41, 5.74) is 5.34. The summed E-state index contributed by atoms with van der Waals surface area (Å²) in [7, 11) is 0. The zero-order valence-corrected chi connectivity index (χ0v) is 16.8. The van der Waals surface area contributed by atoms with Gasteiger partial charge in [-0.2, -0.15) is 5.10 Å². The number of amides is 1. The Morgan fingerprint density at radius 1 is 1.14 bits per heavy atom. The first-order chi connectivity index (χ1) is 13.4. The van der Waals surface area contributed by atoms with Crippen molar-refractivity contribution >= 4 is 35.3 Å². The first-order valence-electron chi connectivity index (χ1n) is 8.50. The summed E-state index contributed by atoms with van der Waals surface area (Å²) >= 11 is 12.2. The van der Waals surface area contributed by atoms with Crippen LogP contribution in [0.4, 0.5) is 0 Å². The molecule has 144 valence electrons. The second-order valence-electron chi connectivity index (χ2n) is 6.13. The molecule has 1 aromatic heterocycles. The molecule has 0 fully saturated rings. The number of carbonyl (C=O) groups excluding carboxylic acids is 1. The van der Waals surface area contributed by atoms with Crippen LogP contribution in [-0.2, 0) is 4.79 Å². The zero-order chi connectivity index (χ0) is 20.1. The Bertz CT molecular complexity index is 1030. The lowest BCUT2D eigenvalue weighted by Crippen LogP contribution is -2.24. The first kappa shape index (κ1) is 20.0. The van der Waals surface area contributed by atoms with Crippen LogP contribution in [0.5, 0.6) is 5.75 Å². The molecule has 3 rings (SSSR count). The van der Waals surface area contributed by atoms with Crippen LogP contribution in [-0.4, -0.2) is 18.7 Å². The average molecular weight is 417 g/mol. The normalized spacial score (nSPS) is 11.0. The molecule has 0 atom stereocenters. The van der Waals surface area contributed by atoms with Crippen LogP contribution in [0.3, 0.4) is 0 Å². The van der Waals surface area contributed by atoms with Crippen LogP contribution >= 0.6 is 23.2 Å². The molecule has 3 aromatic rings. The molecule has 0 radical (unpaired) electrons. The molecule has 2 aromatic carbocycles. The van der Waals surface area contributed by atoms with Crippen LogP contribution in [0.15, 0.2) is 58.0 Å². The molecule has 0 bridgehead atoms. The minimum atomic E-state index is -0.376. The molecule has 1 N–H and O–H groups in total. The summed E-state index contributed by atoms with van der Waals surface area (Å²) in [6.45, 7) is 3.86. The van der Waals surface area contributed by atoms with Crippen molar-refractivity contribution in [2.24, 2.45) is 5.10 Å². The monoisotopic (exact) mass is 416 g/mol. The summed E-state index contributed by atoms with van der Waals surface area (Å²) in [5, 5.41) is 4.74. The van der Waals surface area contributed by atoms with Crippen molar-refractivity contribution in [3.8, 4) is 17.1 Å². The van der Waals surface area contributed by atoms with E-state index in [0.29, 0.717) is 32.9 Å². The number of nitrogens with zero attached hydrogens (tertiary/aromatic N) is 1. The highest BCUT2D eigenvalue weighted by molar-refractivity contribution is 6.43. The minimum absolute atomic E-state index is 0.138. The third kappa shape index (κ3) is 4.94. The van der Waals surface area contributed by atoms with Gasteiger partial charge in [0.2, 0.25) is 0 Å². The SMILES string of the molecule is Cc1ccc(OCC(=O)N/N=C/c2ccc(-c3cccc(Cl)c3Cl)o2)cc1C. The molecule has 0 spiro atoms. The maximum absolute atomic E-state index is 11.9. The second kappa shape index (κ2) is 8.95. The Morgan fingerprint density at radius 3 is 2.75 bits per heavy atom. The average Bonchev–Trinajstić information content (AvgIpc) is 3.13. The lowest BCUT2D eigenvalue weighted by atomic mass is 10.1. The number of halogens is 2. The smallest absolute Gasteiger partial charge is 0.277 e. The lowest BCUT2D eigenvalue weighted by Gasteiger charge is -2.07. The summed E-state index contributed by atoms with van der Waals surface area (Å²) in [6, 6.07) is 14.4. The quantitative estimate of drug-likeness (QED) is 0.432. The fraction of sp³-hybridized carbons (Fsp3) is 0.143. The van der Waals surface area contributed by atoms with Crippen molar-refractivity contribution in [2.75, 3.05) is 6.61 Å². The Balaban J connectivity index is 1.54. The number of hydrogen-bond acceptors (Lipinski definition) is 4. The van der Waals surface area contributed by atoms with Gasteiger partial charge < -0.3 is 9.15 Å². The van der Waals surface area contributed by atoms with Gasteiger partial charge >= 0.3 is 0 Å². The highest BCUT2D eigenvalue weighted by Crippen LogP contribution is 2.34. The van der Waals surface area contributed by atoms with E-state index in [-0.39, 0.29) is 12.5 Å². The third-order valence-corrected chi connectivity index (χ3v) is 4.89. The Kier molecular flexibility index (Phi) is 6.39. The van der Waals surface area contributed by atoms with Crippen molar-refractivity contribution < 1.29 is 13.9 Å². The van der Waals surface area contributed by atoms with Gasteiger partial charge in [-0.25, -0.2) is 5.43 Å². The van der Waals surface area contributed by atoms with Crippen LogP contribution in [0.25, 0.3) is 11.3 Å². The van der Waals surface area contributed by atoms with E-state index in [1.54, 1.807) is 30.3 Å². The van der Waals surface area contributed by atoms with Gasteiger partial charge in [0.05, 0.1) is 16.3 Å². The van der Waals surface area contributed by atoms with Crippen molar-refractivity contribution in [3.63, 3.8) is 0 Å². The number of rotatable bonds is 6. The van der Waals surface area contributed by atoms with E-state index >= 15 is 0 Å². The van der Waals surface area contributed by atoms with Gasteiger partial charge in [-0.05, 0) is 61.4 Å². The summed E-state index contributed by atoms with van der Waals surface area (Å²) in [5.74, 6) is 1.27. The van der Waals surface area contributed by atoms with Crippen molar-refractivity contribution in [1.29, 1.82) is 0 Å².